The zero-order valence-electron chi connectivity index (χ0n) is 19.1. The average Bonchev–Trinajstić information content (AvgIpc) is 2.89. The summed E-state index contributed by atoms with van der Waals surface area (Å²) in [6.07, 6.45) is 0. The molecule has 0 fully saturated rings. The van der Waals surface area contributed by atoms with Crippen LogP contribution in [-0.4, -0.2) is 16.7 Å². The van der Waals surface area contributed by atoms with Gasteiger partial charge in [-0.05, 0) is 60.2 Å². The lowest BCUT2D eigenvalue weighted by Crippen LogP contribution is -2.19. The van der Waals surface area contributed by atoms with E-state index in [0.717, 1.165) is 10.5 Å². The Bertz CT molecular complexity index is 1430. The third-order valence-corrected chi connectivity index (χ3v) is 7.04. The van der Waals surface area contributed by atoms with Crippen LogP contribution in [-0.2, 0) is 4.79 Å². The molecule has 0 radical (unpaired) electrons. The highest BCUT2D eigenvalue weighted by Crippen LogP contribution is 2.37. The first-order valence-electron chi connectivity index (χ1n) is 10.9. The van der Waals surface area contributed by atoms with Gasteiger partial charge >= 0.3 is 0 Å². The van der Waals surface area contributed by atoms with Gasteiger partial charge in [-0.3, -0.25) is 19.7 Å². The van der Waals surface area contributed by atoms with E-state index in [-0.39, 0.29) is 22.5 Å². The third kappa shape index (κ3) is 6.89. The Morgan fingerprint density at radius 3 is 2.05 bits per heavy atom. The van der Waals surface area contributed by atoms with E-state index in [1.165, 1.54) is 42.1 Å². The summed E-state index contributed by atoms with van der Waals surface area (Å²) in [4.78, 5) is 37.0. The molecule has 0 heterocycles. The number of carbonyl (C=O) groups excluding carboxylic acids is 2. The number of benzene rings is 4. The van der Waals surface area contributed by atoms with Crippen LogP contribution >= 0.6 is 35.0 Å². The molecule has 1 atom stereocenters. The van der Waals surface area contributed by atoms with E-state index in [1.54, 1.807) is 36.4 Å². The Hall–Kier alpha value is -3.85. The Morgan fingerprint density at radius 2 is 1.43 bits per heavy atom. The first kappa shape index (κ1) is 26.2. The van der Waals surface area contributed by atoms with E-state index < -0.39 is 10.2 Å². The molecule has 37 heavy (non-hydrogen) atoms. The van der Waals surface area contributed by atoms with Crippen LogP contribution in [0.4, 0.5) is 17.1 Å². The molecule has 0 bridgehead atoms. The van der Waals surface area contributed by atoms with E-state index in [2.05, 4.69) is 10.6 Å². The van der Waals surface area contributed by atoms with E-state index >= 15 is 0 Å². The van der Waals surface area contributed by atoms with Gasteiger partial charge in [0, 0.05) is 33.4 Å². The van der Waals surface area contributed by atoms with Crippen molar-refractivity contribution in [1.82, 2.24) is 0 Å². The molecule has 0 saturated heterocycles. The minimum Gasteiger partial charge on any atom is -0.325 e. The Morgan fingerprint density at radius 1 is 0.811 bits per heavy atom. The topological polar surface area (TPSA) is 101 Å². The smallest absolute Gasteiger partial charge is 0.269 e. The van der Waals surface area contributed by atoms with E-state index in [9.17, 15) is 19.7 Å². The lowest BCUT2D eigenvalue weighted by atomic mass is 10.1. The maximum absolute atomic E-state index is 13.2. The molecule has 0 aromatic heterocycles. The summed E-state index contributed by atoms with van der Waals surface area (Å²) >= 11 is 13.4. The molecule has 0 spiro atoms. The SMILES string of the molecule is O=C(Nc1ccc(SC(C(=O)Nc2ccc([N+](=O)[O-])cc2)c2ccccc2)cc1)c1ccc(Cl)cc1Cl. The van der Waals surface area contributed by atoms with Gasteiger partial charge in [-0.15, -0.1) is 11.8 Å². The number of amides is 2. The van der Waals surface area contributed by atoms with Crippen LogP contribution in [0.1, 0.15) is 21.2 Å². The number of nitro groups is 1. The molecule has 0 saturated carbocycles. The molecular weight excluding hydrogens is 533 g/mol. The zero-order chi connectivity index (χ0) is 26.4. The Labute approximate surface area is 227 Å². The maximum atomic E-state index is 13.2. The Balaban J connectivity index is 1.48. The molecule has 10 heteroatoms. The number of carbonyl (C=O) groups is 2. The van der Waals surface area contributed by atoms with Crippen LogP contribution in [0.25, 0.3) is 0 Å². The normalized spacial score (nSPS) is 11.4. The predicted octanol–water partition coefficient (Wildman–Crippen LogP) is 7.63. The van der Waals surface area contributed by atoms with Gasteiger partial charge < -0.3 is 10.6 Å². The number of non-ortho nitro benzene ring substituents is 1. The van der Waals surface area contributed by atoms with Gasteiger partial charge in [0.1, 0.15) is 5.25 Å². The minimum atomic E-state index is -0.593. The zero-order valence-corrected chi connectivity index (χ0v) is 21.4. The van der Waals surface area contributed by atoms with Gasteiger partial charge in [0.2, 0.25) is 5.91 Å². The highest BCUT2D eigenvalue weighted by atomic mass is 35.5. The number of hydrogen-bond donors (Lipinski definition) is 2. The molecule has 7 nitrogen and oxygen atoms in total. The summed E-state index contributed by atoms with van der Waals surface area (Å²) in [5.41, 5.74) is 2.05. The van der Waals surface area contributed by atoms with E-state index in [1.807, 2.05) is 30.3 Å². The van der Waals surface area contributed by atoms with Crippen molar-refractivity contribution in [1.29, 1.82) is 0 Å². The fraction of sp³-hybridized carbons (Fsp3) is 0.0370. The largest absolute Gasteiger partial charge is 0.325 e. The number of halogens is 2. The average molecular weight is 552 g/mol. The molecule has 0 aliphatic carbocycles. The second kappa shape index (κ2) is 11.9. The second-order valence-electron chi connectivity index (χ2n) is 7.80. The summed E-state index contributed by atoms with van der Waals surface area (Å²) in [6, 6.07) is 26.7. The van der Waals surface area contributed by atoms with Crippen LogP contribution in [0, 0.1) is 10.1 Å². The fourth-order valence-electron chi connectivity index (χ4n) is 3.40. The fourth-order valence-corrected chi connectivity index (χ4v) is 4.92. The summed E-state index contributed by atoms with van der Waals surface area (Å²) < 4.78 is 0. The number of hydrogen-bond acceptors (Lipinski definition) is 5. The van der Waals surface area contributed by atoms with Crippen molar-refractivity contribution in [2.75, 3.05) is 10.6 Å². The first-order valence-corrected chi connectivity index (χ1v) is 12.6. The number of anilines is 2. The van der Waals surface area contributed by atoms with Crippen molar-refractivity contribution >= 4 is 63.8 Å². The van der Waals surface area contributed by atoms with Crippen LogP contribution < -0.4 is 10.6 Å². The second-order valence-corrected chi connectivity index (χ2v) is 9.83. The first-order chi connectivity index (χ1) is 17.8. The number of nitro benzene ring substituents is 1. The molecule has 2 N–H and O–H groups in total. The molecule has 4 aromatic carbocycles. The van der Waals surface area contributed by atoms with Gasteiger partial charge in [-0.1, -0.05) is 53.5 Å². The lowest BCUT2D eigenvalue weighted by Gasteiger charge is -2.17. The van der Waals surface area contributed by atoms with E-state index in [0.29, 0.717) is 22.0 Å². The van der Waals surface area contributed by atoms with E-state index in [4.69, 9.17) is 23.2 Å². The van der Waals surface area contributed by atoms with Crippen LogP contribution in [0.2, 0.25) is 10.0 Å². The molecule has 0 aliphatic rings. The molecule has 1 unspecified atom stereocenters. The van der Waals surface area contributed by atoms with Crippen molar-refractivity contribution in [3.05, 3.63) is 128 Å². The highest BCUT2D eigenvalue weighted by molar-refractivity contribution is 8.00. The van der Waals surface area contributed by atoms with Gasteiger partial charge in [-0.25, -0.2) is 0 Å². The summed E-state index contributed by atoms with van der Waals surface area (Å²) in [6.45, 7) is 0. The number of thioether (sulfide) groups is 1. The van der Waals surface area contributed by atoms with Crippen LogP contribution in [0.5, 0.6) is 0 Å². The summed E-state index contributed by atoms with van der Waals surface area (Å²) in [5.74, 6) is -0.647. The number of nitrogens with one attached hydrogen (secondary N) is 2. The monoisotopic (exact) mass is 551 g/mol. The minimum absolute atomic E-state index is 0.0579. The van der Waals surface area contributed by atoms with Crippen molar-refractivity contribution in [3.63, 3.8) is 0 Å². The van der Waals surface area contributed by atoms with Crippen LogP contribution in [0.15, 0.2) is 102 Å². The Kier molecular flexibility index (Phi) is 8.45. The highest BCUT2D eigenvalue weighted by Gasteiger charge is 2.22. The molecule has 0 aliphatic heterocycles. The van der Waals surface area contributed by atoms with Gasteiger partial charge in [0.15, 0.2) is 0 Å². The molecule has 4 aromatic rings. The van der Waals surface area contributed by atoms with Gasteiger partial charge in [0.25, 0.3) is 11.6 Å². The lowest BCUT2D eigenvalue weighted by molar-refractivity contribution is -0.384. The molecular formula is C27H19Cl2N3O4S. The standard InChI is InChI=1S/C27H19Cl2N3O4S/c28-18-6-15-23(24(29)16-18)26(33)30-20-9-13-22(14-10-20)37-25(17-4-2-1-3-5-17)27(34)31-19-7-11-21(12-8-19)32(35)36/h1-16,25H,(H,30,33)(H,31,34). The van der Waals surface area contributed by atoms with Crippen molar-refractivity contribution < 1.29 is 14.5 Å². The van der Waals surface area contributed by atoms with Crippen molar-refractivity contribution in [3.8, 4) is 0 Å². The van der Waals surface area contributed by atoms with Crippen molar-refractivity contribution in [2.45, 2.75) is 10.1 Å². The predicted molar refractivity (Wildman–Crippen MR) is 148 cm³/mol. The number of nitrogens with zero attached hydrogens (tertiary/aromatic N) is 1. The third-order valence-electron chi connectivity index (χ3n) is 5.23. The quantitative estimate of drug-likeness (QED) is 0.133. The van der Waals surface area contributed by atoms with Gasteiger partial charge in [0.05, 0.1) is 15.5 Å². The molecule has 2 amide bonds. The van der Waals surface area contributed by atoms with Crippen molar-refractivity contribution in [2.24, 2.45) is 0 Å². The number of rotatable bonds is 8. The molecule has 186 valence electrons. The summed E-state index contributed by atoms with van der Waals surface area (Å²) in [5, 5.41) is 16.6. The van der Waals surface area contributed by atoms with Gasteiger partial charge in [-0.2, -0.15) is 0 Å². The molecule has 4 rings (SSSR count). The summed E-state index contributed by atoms with van der Waals surface area (Å²) in [7, 11) is 0. The van der Waals surface area contributed by atoms with Crippen LogP contribution in [0.3, 0.4) is 0 Å². The maximum Gasteiger partial charge on any atom is 0.269 e.